The molecule has 2 spiro atoms. The zero-order valence-corrected chi connectivity index (χ0v) is 68.7. The molecule has 102 heavy (non-hydrogen) atoms. The molecule has 9 aliphatic rings. The first-order chi connectivity index (χ1) is 47.6. The summed E-state index contributed by atoms with van der Waals surface area (Å²) in [6.45, 7) is 0. The smallest absolute Gasteiger partial charge is 0.0312 e. The molecule has 18 nitrogen and oxygen atoms in total. The molecule has 0 amide bonds. The molecular weight excluding hydrogens is 1920 g/mol. The number of aliphatic imine (C=N–C) groups is 2. The standard InChI is InChI=1S/C18H20N4.2C17H2Cl9NO6P.2C5H5.2Ru/c1-2-10-18(22-14-16-8-4-6-12-20-16)17(9-1)21-13-15-7-3-5-11-19-15;2*18-3-1-4-17(27-2-3)33-34(28-4,29-13-9(23)5(19)6(20)10(24)14(13)30-34)31-15-11(25)7(21)8(22)12(26)16(15)32-34;2*1-2-4-5-3-1;;/h3-8,11-14,17-18H,1-2,9-10H2;2*1-2H;2*1-5H;;/q;2*-1;;;2*+2/t17-,18-;;;;;;/m1....../s1. The van der Waals surface area contributed by atoms with Crippen molar-refractivity contribution in [2.45, 2.75) is 37.8 Å². The zero-order valence-electron chi connectivity index (χ0n) is 49.8. The van der Waals surface area contributed by atoms with Crippen LogP contribution in [0.15, 0.2) is 83.3 Å². The van der Waals surface area contributed by atoms with Crippen LogP contribution in [0.4, 0.5) is 0 Å². The van der Waals surface area contributed by atoms with E-state index in [4.69, 9.17) is 273 Å². The first kappa shape index (κ1) is 80.8. The third-order valence-corrected chi connectivity index (χ3v) is 28.8. The fourth-order valence-electron chi connectivity index (χ4n) is 10.2. The summed E-state index contributed by atoms with van der Waals surface area (Å²) in [5, 5.41) is -2.56. The summed E-state index contributed by atoms with van der Waals surface area (Å²) < 4.78 is 73.2. The average Bonchev–Trinajstić information content (AvgIpc) is 1.46. The summed E-state index contributed by atoms with van der Waals surface area (Å²) >= 11 is 113. The number of benzene rings is 4. The predicted molar refractivity (Wildman–Crippen MR) is 399 cm³/mol. The van der Waals surface area contributed by atoms with Gasteiger partial charge in [0.2, 0.25) is 0 Å². The fraction of sp³-hybridized carbons (Fsp3) is 0.0968. The van der Waals surface area contributed by atoms with Gasteiger partial charge in [-0.1, -0.05) is 25.0 Å². The Labute approximate surface area is 697 Å². The minimum atomic E-state index is -6.54. The van der Waals surface area contributed by atoms with Gasteiger partial charge < -0.3 is 0 Å². The Kier molecular flexibility index (Phi) is 24.2. The SMILES string of the molecule is C(=N[C@@H]1CCCC[C@H]1N=Cc1ccccn1)c1ccccn1.Clc1cnc2c(c1)O[P-]13(O2)(Oc2c(Cl)c(Cl)c(Cl)c(Cl)c2O1)Oc1c(Cl)c(Cl)c(Cl)c(Cl)c1O3.Clc1cnc2c(c1)O[P-]13(O2)(Oc2c(Cl)c(Cl)c(Cl)c(Cl)c2O1)Oc1c(Cl)c(Cl)c(Cl)c(Cl)c1O3.[CH]1[CH][CH][CH][CH]1.[CH]1[CH][CH][CH][CH]1.[Ru+2].[Ru+2]. The van der Waals surface area contributed by atoms with Gasteiger partial charge in [-0.25, -0.2) is 0 Å². The van der Waals surface area contributed by atoms with Gasteiger partial charge in [-0.15, -0.1) is 0 Å². The fourth-order valence-corrected chi connectivity index (χ4v) is 22.1. The maximum absolute atomic E-state index is 6.54. The van der Waals surface area contributed by atoms with Gasteiger partial charge in [0, 0.05) is 24.8 Å². The Morgan fingerprint density at radius 1 is 0.314 bits per heavy atom. The minimum absolute atomic E-state index is 0. The van der Waals surface area contributed by atoms with Gasteiger partial charge in [-0.3, -0.25) is 20.0 Å². The Bertz CT molecular complexity index is 4140. The van der Waals surface area contributed by atoms with Crippen LogP contribution in [0.1, 0.15) is 37.1 Å². The first-order valence-corrected chi connectivity index (χ1v) is 39.6. The van der Waals surface area contributed by atoms with Crippen molar-refractivity contribution < 1.29 is 93.2 Å². The third kappa shape index (κ3) is 14.6. The van der Waals surface area contributed by atoms with Gasteiger partial charge in [0.15, 0.2) is 0 Å². The molecule has 2 atom stereocenters. The Morgan fingerprint density at radius 3 is 0.784 bits per heavy atom. The van der Waals surface area contributed by atoms with Gasteiger partial charge in [0.05, 0.1) is 23.5 Å². The molecule has 4 aromatic carbocycles. The molecule has 17 rings (SSSR count). The van der Waals surface area contributed by atoms with E-state index in [0.29, 0.717) is 0 Å². The molecule has 3 saturated carbocycles. The predicted octanol–water partition coefficient (Wildman–Crippen LogP) is 25.9. The summed E-state index contributed by atoms with van der Waals surface area (Å²) in [5.41, 5.74) is 1.81. The number of hydrogen-bond acceptors (Lipinski definition) is 18. The van der Waals surface area contributed by atoms with Gasteiger partial charge in [-0.05, 0) is 101 Å². The van der Waals surface area contributed by atoms with Crippen LogP contribution < -0.4 is 54.3 Å². The molecule has 10 radical (unpaired) electrons. The van der Waals surface area contributed by atoms with E-state index >= 15 is 0 Å². The normalized spacial score (nSPS) is 21.0. The van der Waals surface area contributed by atoms with Crippen LogP contribution in [0.3, 0.4) is 0 Å². The van der Waals surface area contributed by atoms with Gasteiger partial charge in [0.1, 0.15) is 0 Å². The van der Waals surface area contributed by atoms with Gasteiger partial charge in [-0.2, -0.15) is 0 Å². The van der Waals surface area contributed by atoms with E-state index in [1.165, 1.54) is 37.4 Å². The van der Waals surface area contributed by atoms with E-state index in [9.17, 15) is 0 Å². The summed E-state index contributed by atoms with van der Waals surface area (Å²) in [6, 6.07) is 14.9. The summed E-state index contributed by atoms with van der Waals surface area (Å²) in [6.07, 6.45) is 34.5. The summed E-state index contributed by atoms with van der Waals surface area (Å²) in [5.74, 6) is -2.71. The molecule has 3 fully saturated rings. The second-order valence-corrected chi connectivity index (χ2v) is 34.9. The van der Waals surface area contributed by atoms with Crippen molar-refractivity contribution in [3.05, 3.63) is 239 Å². The number of pyridine rings is 4. The molecule has 0 unspecified atom stereocenters. The molecule has 8 aromatic rings. The van der Waals surface area contributed by atoms with Gasteiger partial charge >= 0.3 is 511 Å². The Balaban J connectivity index is 0.000000145. The molecule has 3 aliphatic carbocycles. The number of halogens is 18. The maximum Gasteiger partial charge on any atom is 2.00 e. The minimum Gasteiger partial charge on any atom is -0.0312 e. The number of aromatic nitrogens is 4. The first-order valence-electron chi connectivity index (χ1n) is 28.4. The summed E-state index contributed by atoms with van der Waals surface area (Å²) in [4.78, 5) is 26.2. The van der Waals surface area contributed by atoms with Crippen LogP contribution in [0.5, 0.6) is 69.3 Å². The second-order valence-electron chi connectivity index (χ2n) is 21.3. The maximum atomic E-state index is 6.39. The number of nitrogens with zero attached hydrogens (tertiary/aromatic N) is 6. The Morgan fingerprint density at radius 2 is 0.559 bits per heavy atom. The topological polar surface area (TPSA) is 187 Å². The monoisotopic (exact) mass is 1950 g/mol. The van der Waals surface area contributed by atoms with E-state index in [1.54, 1.807) is 12.4 Å². The van der Waals surface area contributed by atoms with Crippen molar-refractivity contribution in [3.63, 3.8) is 0 Å². The molecule has 534 valence electrons. The van der Waals surface area contributed by atoms with Crippen molar-refractivity contribution in [2.24, 2.45) is 9.98 Å². The quantitative estimate of drug-likeness (QED) is 0.0532. The molecule has 6 aliphatic heterocycles. The van der Waals surface area contributed by atoms with Crippen molar-refractivity contribution in [1.82, 2.24) is 19.9 Å². The van der Waals surface area contributed by atoms with E-state index in [0.717, 1.165) is 24.2 Å². The van der Waals surface area contributed by atoms with Crippen LogP contribution in [-0.2, 0) is 39.0 Å². The number of hydrogen-bond donors (Lipinski definition) is 0. The van der Waals surface area contributed by atoms with Crippen LogP contribution in [0.25, 0.3) is 0 Å². The molecule has 0 saturated heterocycles. The van der Waals surface area contributed by atoms with Crippen molar-refractivity contribution in [2.75, 3.05) is 0 Å². The van der Waals surface area contributed by atoms with Crippen LogP contribution >= 0.6 is 223 Å². The van der Waals surface area contributed by atoms with E-state index in [2.05, 4.69) is 19.9 Å². The van der Waals surface area contributed by atoms with Crippen molar-refractivity contribution in [1.29, 1.82) is 0 Å². The summed E-state index contributed by atoms with van der Waals surface area (Å²) in [7, 11) is -13.1. The van der Waals surface area contributed by atoms with Crippen LogP contribution in [-0.4, -0.2) is 44.4 Å². The van der Waals surface area contributed by atoms with Crippen LogP contribution in [0, 0.1) is 64.2 Å². The zero-order chi connectivity index (χ0) is 71.0. The van der Waals surface area contributed by atoms with Crippen molar-refractivity contribution >= 4 is 236 Å². The van der Waals surface area contributed by atoms with Crippen molar-refractivity contribution in [3.8, 4) is 69.3 Å². The number of fused-ring (bicyclic) bond motifs is 6. The second kappa shape index (κ2) is 30.5. The molecular formula is C62H34Cl18N6O12P2Ru2+2. The van der Waals surface area contributed by atoms with E-state index < -0.39 is 14.6 Å². The third-order valence-electron chi connectivity index (χ3n) is 14.6. The van der Waals surface area contributed by atoms with Crippen LogP contribution in [0.2, 0.25) is 90.4 Å². The average molecular weight is 1960 g/mol. The largest absolute Gasteiger partial charge is 2.00 e. The van der Waals surface area contributed by atoms with E-state index in [-0.39, 0.29) is 211 Å². The molecule has 0 bridgehead atoms. The molecule has 10 heterocycles. The van der Waals surface area contributed by atoms with Gasteiger partial charge in [0.25, 0.3) is 0 Å². The number of rotatable bonds is 4. The molecule has 4 aromatic heterocycles. The Hall–Kier alpha value is -2.25. The molecule has 0 N–H and O–H groups in total. The molecule has 40 heteroatoms. The van der Waals surface area contributed by atoms with E-state index in [1.807, 2.05) is 113 Å².